The van der Waals surface area contributed by atoms with Gasteiger partial charge < -0.3 is 9.88 Å². The molecular formula is C11H13N3O. The molecule has 0 spiro atoms. The quantitative estimate of drug-likeness (QED) is 0.787. The Morgan fingerprint density at radius 3 is 2.87 bits per heavy atom. The van der Waals surface area contributed by atoms with Gasteiger partial charge >= 0.3 is 0 Å². The van der Waals surface area contributed by atoms with Crippen molar-refractivity contribution >= 4 is 16.9 Å². The molecule has 0 aliphatic carbocycles. The first-order valence-corrected chi connectivity index (χ1v) is 4.83. The van der Waals surface area contributed by atoms with Crippen molar-refractivity contribution in [3.05, 3.63) is 30.1 Å². The fraction of sp³-hybridized carbons (Fsp3) is 0.273. The Morgan fingerprint density at radius 1 is 1.47 bits per heavy atom. The number of aromatic nitrogens is 2. The molecule has 0 fully saturated rings. The molecule has 0 bridgehead atoms. The van der Waals surface area contributed by atoms with Crippen molar-refractivity contribution in [3.63, 3.8) is 0 Å². The van der Waals surface area contributed by atoms with Gasteiger partial charge in [-0.25, -0.2) is 4.98 Å². The lowest BCUT2D eigenvalue weighted by Gasteiger charge is -2.00. The van der Waals surface area contributed by atoms with E-state index in [1.54, 1.807) is 7.05 Å². The summed E-state index contributed by atoms with van der Waals surface area (Å²) in [6.45, 7) is 0. The number of rotatable bonds is 2. The zero-order chi connectivity index (χ0) is 10.8. The third-order valence-corrected chi connectivity index (χ3v) is 2.48. The second-order valence-corrected chi connectivity index (χ2v) is 3.43. The van der Waals surface area contributed by atoms with Crippen molar-refractivity contribution < 1.29 is 4.79 Å². The zero-order valence-corrected chi connectivity index (χ0v) is 8.82. The highest BCUT2D eigenvalue weighted by Gasteiger charge is 2.09. The van der Waals surface area contributed by atoms with E-state index in [1.165, 1.54) is 0 Å². The van der Waals surface area contributed by atoms with Crippen LogP contribution in [0.2, 0.25) is 0 Å². The number of likely N-dealkylation sites (N-methyl/N-ethyl adjacent to an activating group) is 1. The number of aryl methyl sites for hydroxylation is 1. The maximum absolute atomic E-state index is 11.2. The average molecular weight is 203 g/mol. The summed E-state index contributed by atoms with van der Waals surface area (Å²) in [7, 11) is 3.55. The number of imidazole rings is 1. The number of para-hydroxylation sites is 2. The minimum Gasteiger partial charge on any atom is -0.359 e. The molecular weight excluding hydrogens is 190 g/mol. The molecule has 4 heteroatoms. The Morgan fingerprint density at radius 2 is 2.20 bits per heavy atom. The molecule has 1 aromatic carbocycles. The molecule has 0 aliphatic rings. The van der Waals surface area contributed by atoms with E-state index >= 15 is 0 Å². The van der Waals surface area contributed by atoms with Crippen LogP contribution in [-0.2, 0) is 18.3 Å². The first-order chi connectivity index (χ1) is 7.22. The van der Waals surface area contributed by atoms with E-state index < -0.39 is 0 Å². The Hall–Kier alpha value is -1.84. The maximum Gasteiger partial charge on any atom is 0.227 e. The van der Waals surface area contributed by atoms with Crippen molar-refractivity contribution in [2.45, 2.75) is 6.42 Å². The van der Waals surface area contributed by atoms with Crippen LogP contribution < -0.4 is 5.32 Å². The third-order valence-electron chi connectivity index (χ3n) is 2.48. The molecule has 0 radical (unpaired) electrons. The Balaban J connectivity index is 2.44. The normalized spacial score (nSPS) is 10.5. The second-order valence-electron chi connectivity index (χ2n) is 3.43. The van der Waals surface area contributed by atoms with E-state index in [2.05, 4.69) is 10.3 Å². The van der Waals surface area contributed by atoms with Gasteiger partial charge in [0.2, 0.25) is 5.91 Å². The van der Waals surface area contributed by atoms with E-state index in [0.29, 0.717) is 6.42 Å². The van der Waals surface area contributed by atoms with Gasteiger partial charge in [0.1, 0.15) is 5.82 Å². The number of benzene rings is 1. The first kappa shape index (κ1) is 9.71. The third kappa shape index (κ3) is 1.70. The highest BCUT2D eigenvalue weighted by atomic mass is 16.1. The minimum absolute atomic E-state index is 0.0200. The van der Waals surface area contributed by atoms with Crippen LogP contribution in [0, 0.1) is 0 Å². The Labute approximate surface area is 87.9 Å². The van der Waals surface area contributed by atoms with E-state index in [1.807, 2.05) is 35.9 Å². The number of carbonyl (C=O) groups excluding carboxylic acids is 1. The summed E-state index contributed by atoms with van der Waals surface area (Å²) < 4.78 is 1.95. The van der Waals surface area contributed by atoms with E-state index in [9.17, 15) is 4.79 Å². The zero-order valence-electron chi connectivity index (χ0n) is 8.82. The molecule has 0 saturated carbocycles. The van der Waals surface area contributed by atoms with Crippen LogP contribution in [0.3, 0.4) is 0 Å². The summed E-state index contributed by atoms with van der Waals surface area (Å²) in [6.07, 6.45) is 0.321. The van der Waals surface area contributed by atoms with Crippen LogP contribution in [0.15, 0.2) is 24.3 Å². The van der Waals surface area contributed by atoms with Crippen LogP contribution in [0.5, 0.6) is 0 Å². The number of nitrogens with zero attached hydrogens (tertiary/aromatic N) is 2. The molecule has 0 unspecified atom stereocenters. The fourth-order valence-corrected chi connectivity index (χ4v) is 1.59. The molecule has 0 atom stereocenters. The highest BCUT2D eigenvalue weighted by Crippen LogP contribution is 2.14. The minimum atomic E-state index is -0.0200. The summed E-state index contributed by atoms with van der Waals surface area (Å²) in [5, 5.41) is 2.59. The van der Waals surface area contributed by atoms with Gasteiger partial charge in [-0.05, 0) is 12.1 Å². The summed E-state index contributed by atoms with van der Waals surface area (Å²) in [4.78, 5) is 15.6. The molecule has 78 valence electrons. The molecule has 0 aliphatic heterocycles. The first-order valence-electron chi connectivity index (χ1n) is 4.83. The van der Waals surface area contributed by atoms with Gasteiger partial charge in [-0.1, -0.05) is 12.1 Å². The number of fused-ring (bicyclic) bond motifs is 1. The van der Waals surface area contributed by atoms with Gasteiger partial charge in [-0.15, -0.1) is 0 Å². The predicted octanol–water partition coefficient (Wildman–Crippen LogP) is 0.862. The van der Waals surface area contributed by atoms with E-state index in [0.717, 1.165) is 16.9 Å². The van der Waals surface area contributed by atoms with Crippen molar-refractivity contribution in [2.24, 2.45) is 7.05 Å². The SMILES string of the molecule is CNC(=O)Cc1nc2ccccc2n1C. The molecule has 1 N–H and O–H groups in total. The molecule has 15 heavy (non-hydrogen) atoms. The number of carbonyl (C=O) groups is 1. The molecule has 1 amide bonds. The lowest BCUT2D eigenvalue weighted by Crippen LogP contribution is -2.21. The van der Waals surface area contributed by atoms with E-state index in [-0.39, 0.29) is 5.91 Å². The Kier molecular flexibility index (Phi) is 2.41. The molecule has 1 aromatic heterocycles. The summed E-state index contributed by atoms with van der Waals surface area (Å²) in [5.74, 6) is 0.768. The monoisotopic (exact) mass is 203 g/mol. The summed E-state index contributed by atoms with van der Waals surface area (Å²) in [6, 6.07) is 7.85. The lowest BCUT2D eigenvalue weighted by atomic mass is 10.3. The van der Waals surface area contributed by atoms with Gasteiger partial charge in [0, 0.05) is 14.1 Å². The van der Waals surface area contributed by atoms with Gasteiger partial charge in [0.25, 0.3) is 0 Å². The van der Waals surface area contributed by atoms with Crippen molar-refractivity contribution in [1.29, 1.82) is 0 Å². The van der Waals surface area contributed by atoms with Gasteiger partial charge in [0.15, 0.2) is 0 Å². The smallest absolute Gasteiger partial charge is 0.227 e. The molecule has 0 saturated heterocycles. The highest BCUT2D eigenvalue weighted by molar-refractivity contribution is 5.80. The second kappa shape index (κ2) is 3.73. The standard InChI is InChI=1S/C11H13N3O/c1-12-11(15)7-10-13-8-5-3-4-6-9(8)14(10)2/h3-6H,7H2,1-2H3,(H,12,15). The Bertz CT molecular complexity index is 502. The topological polar surface area (TPSA) is 46.9 Å². The van der Waals surface area contributed by atoms with Crippen LogP contribution >= 0.6 is 0 Å². The molecule has 1 heterocycles. The summed E-state index contributed by atoms with van der Waals surface area (Å²) >= 11 is 0. The average Bonchev–Trinajstić information content (AvgIpc) is 2.57. The number of nitrogens with one attached hydrogen (secondary N) is 1. The molecule has 4 nitrogen and oxygen atoms in total. The van der Waals surface area contributed by atoms with Gasteiger partial charge in [-0.3, -0.25) is 4.79 Å². The fourth-order valence-electron chi connectivity index (χ4n) is 1.59. The van der Waals surface area contributed by atoms with E-state index in [4.69, 9.17) is 0 Å². The largest absolute Gasteiger partial charge is 0.359 e. The van der Waals surface area contributed by atoms with Crippen molar-refractivity contribution in [1.82, 2.24) is 14.9 Å². The molecule has 2 rings (SSSR count). The van der Waals surface area contributed by atoms with Gasteiger partial charge in [-0.2, -0.15) is 0 Å². The van der Waals surface area contributed by atoms with Crippen LogP contribution in [0.1, 0.15) is 5.82 Å². The number of hydrogen-bond donors (Lipinski definition) is 1. The van der Waals surface area contributed by atoms with Crippen molar-refractivity contribution in [2.75, 3.05) is 7.05 Å². The predicted molar refractivity (Wildman–Crippen MR) is 58.5 cm³/mol. The lowest BCUT2D eigenvalue weighted by molar-refractivity contribution is -0.120. The van der Waals surface area contributed by atoms with Crippen LogP contribution in [0.4, 0.5) is 0 Å². The van der Waals surface area contributed by atoms with Crippen LogP contribution in [0.25, 0.3) is 11.0 Å². The summed E-state index contributed by atoms with van der Waals surface area (Å²) in [5.41, 5.74) is 1.98. The maximum atomic E-state index is 11.2. The van der Waals surface area contributed by atoms with Crippen LogP contribution in [-0.4, -0.2) is 22.5 Å². The van der Waals surface area contributed by atoms with Crippen molar-refractivity contribution in [3.8, 4) is 0 Å². The van der Waals surface area contributed by atoms with Gasteiger partial charge in [0.05, 0.1) is 17.5 Å². The number of hydrogen-bond acceptors (Lipinski definition) is 2. The number of amides is 1. The molecule has 2 aromatic rings.